The molecular formula is C14H15N3OS. The molecule has 98 valence electrons. The number of amides is 1. The fourth-order valence-electron chi connectivity index (χ4n) is 2.31. The second kappa shape index (κ2) is 5.09. The smallest absolute Gasteiger partial charge is 0.253 e. The van der Waals surface area contributed by atoms with Crippen LogP contribution in [0.4, 0.5) is 5.82 Å². The van der Waals surface area contributed by atoms with Gasteiger partial charge in [-0.3, -0.25) is 4.79 Å². The van der Waals surface area contributed by atoms with Gasteiger partial charge in [0, 0.05) is 23.4 Å². The third-order valence-electron chi connectivity index (χ3n) is 3.34. The van der Waals surface area contributed by atoms with Crippen LogP contribution in [-0.4, -0.2) is 28.4 Å². The van der Waals surface area contributed by atoms with Gasteiger partial charge < -0.3 is 11.1 Å². The zero-order chi connectivity index (χ0) is 13.2. The molecule has 1 aromatic heterocycles. The molecule has 5 heteroatoms. The summed E-state index contributed by atoms with van der Waals surface area (Å²) in [6, 6.07) is 7.87. The topological polar surface area (TPSA) is 68.0 Å². The van der Waals surface area contributed by atoms with E-state index in [1.165, 1.54) is 0 Å². The van der Waals surface area contributed by atoms with E-state index in [4.69, 9.17) is 5.73 Å². The molecule has 1 amide bonds. The second-order valence-electron chi connectivity index (χ2n) is 4.64. The number of thioether (sulfide) groups is 1. The highest BCUT2D eigenvalue weighted by atomic mass is 32.2. The molecule has 2 heterocycles. The number of aromatic nitrogens is 1. The first kappa shape index (κ1) is 12.3. The molecule has 1 fully saturated rings. The number of nitrogens with one attached hydrogen (secondary N) is 1. The molecule has 19 heavy (non-hydrogen) atoms. The normalized spacial score (nSPS) is 18.6. The summed E-state index contributed by atoms with van der Waals surface area (Å²) in [5.41, 5.74) is 6.44. The molecule has 0 aliphatic carbocycles. The Morgan fingerprint density at radius 2 is 2.16 bits per heavy atom. The van der Waals surface area contributed by atoms with Crippen molar-refractivity contribution in [2.24, 2.45) is 0 Å². The number of benzene rings is 1. The van der Waals surface area contributed by atoms with E-state index in [0.29, 0.717) is 11.4 Å². The Bertz CT molecular complexity index is 623. The fourth-order valence-corrected chi connectivity index (χ4v) is 3.46. The van der Waals surface area contributed by atoms with Gasteiger partial charge in [0.2, 0.25) is 0 Å². The van der Waals surface area contributed by atoms with Gasteiger partial charge in [0.25, 0.3) is 5.91 Å². The molecular weight excluding hydrogens is 258 g/mol. The van der Waals surface area contributed by atoms with Crippen LogP contribution in [0.1, 0.15) is 16.8 Å². The quantitative estimate of drug-likeness (QED) is 0.878. The maximum absolute atomic E-state index is 12.3. The average molecular weight is 273 g/mol. The molecule has 3 rings (SSSR count). The van der Waals surface area contributed by atoms with E-state index in [-0.39, 0.29) is 11.9 Å². The predicted molar refractivity (Wildman–Crippen MR) is 79.4 cm³/mol. The fraction of sp³-hybridized carbons (Fsp3) is 0.286. The van der Waals surface area contributed by atoms with Crippen molar-refractivity contribution in [3.05, 3.63) is 36.0 Å². The number of nitrogens with zero attached hydrogens (tertiary/aromatic N) is 1. The van der Waals surface area contributed by atoms with Crippen LogP contribution in [0.3, 0.4) is 0 Å². The van der Waals surface area contributed by atoms with E-state index in [1.54, 1.807) is 6.20 Å². The largest absolute Gasteiger partial charge is 0.383 e. The molecule has 1 atom stereocenters. The molecule has 1 aromatic carbocycles. The molecule has 0 radical (unpaired) electrons. The molecule has 1 unspecified atom stereocenters. The second-order valence-corrected chi connectivity index (χ2v) is 5.79. The third-order valence-corrected chi connectivity index (χ3v) is 4.50. The molecule has 0 saturated carbocycles. The lowest BCUT2D eigenvalue weighted by molar-refractivity contribution is 0.0942. The molecule has 1 saturated heterocycles. The zero-order valence-corrected chi connectivity index (χ0v) is 11.2. The number of hydrogen-bond donors (Lipinski definition) is 2. The number of carbonyl (C=O) groups is 1. The molecule has 0 spiro atoms. The van der Waals surface area contributed by atoms with Crippen molar-refractivity contribution < 1.29 is 4.79 Å². The number of pyridine rings is 1. The van der Waals surface area contributed by atoms with E-state index in [9.17, 15) is 4.79 Å². The molecule has 0 bridgehead atoms. The highest BCUT2D eigenvalue weighted by molar-refractivity contribution is 7.99. The van der Waals surface area contributed by atoms with Crippen LogP contribution in [0, 0.1) is 0 Å². The first-order valence-corrected chi connectivity index (χ1v) is 7.43. The summed E-state index contributed by atoms with van der Waals surface area (Å²) >= 11 is 1.88. The molecule has 1 aliphatic rings. The molecule has 1 aliphatic heterocycles. The monoisotopic (exact) mass is 273 g/mol. The van der Waals surface area contributed by atoms with Gasteiger partial charge in [-0.05, 0) is 17.6 Å². The van der Waals surface area contributed by atoms with Crippen molar-refractivity contribution in [1.82, 2.24) is 10.3 Å². The van der Waals surface area contributed by atoms with Gasteiger partial charge in [0.05, 0.1) is 5.56 Å². The predicted octanol–water partition coefficient (Wildman–Crippen LogP) is 2.05. The van der Waals surface area contributed by atoms with Crippen molar-refractivity contribution in [1.29, 1.82) is 0 Å². The van der Waals surface area contributed by atoms with Crippen LogP contribution in [0.25, 0.3) is 10.8 Å². The summed E-state index contributed by atoms with van der Waals surface area (Å²) in [4.78, 5) is 16.4. The van der Waals surface area contributed by atoms with Crippen molar-refractivity contribution in [2.75, 3.05) is 17.2 Å². The average Bonchev–Trinajstić information content (AvgIpc) is 2.92. The summed E-state index contributed by atoms with van der Waals surface area (Å²) in [6.07, 6.45) is 2.60. The van der Waals surface area contributed by atoms with Crippen LogP contribution >= 0.6 is 11.8 Å². The Hall–Kier alpha value is -1.75. The third kappa shape index (κ3) is 2.38. The zero-order valence-electron chi connectivity index (χ0n) is 10.4. The highest BCUT2D eigenvalue weighted by Gasteiger charge is 2.20. The minimum atomic E-state index is -0.0591. The first-order chi connectivity index (χ1) is 9.25. The number of hydrogen-bond acceptors (Lipinski definition) is 4. The lowest BCUT2D eigenvalue weighted by atomic mass is 10.1. The van der Waals surface area contributed by atoms with Crippen LogP contribution in [0.2, 0.25) is 0 Å². The van der Waals surface area contributed by atoms with Gasteiger partial charge >= 0.3 is 0 Å². The molecule has 3 N–H and O–H groups in total. The Kier molecular flexibility index (Phi) is 3.29. The SMILES string of the molecule is Nc1ncc(C(=O)NC2CCSC2)c2ccccc12. The maximum Gasteiger partial charge on any atom is 0.253 e. The molecule has 4 nitrogen and oxygen atoms in total. The Morgan fingerprint density at radius 3 is 2.89 bits per heavy atom. The lowest BCUT2D eigenvalue weighted by Crippen LogP contribution is -2.34. The van der Waals surface area contributed by atoms with E-state index in [1.807, 2.05) is 36.0 Å². The van der Waals surface area contributed by atoms with Crippen LogP contribution in [-0.2, 0) is 0 Å². The molecule has 2 aromatic rings. The van der Waals surface area contributed by atoms with Gasteiger partial charge in [0.15, 0.2) is 0 Å². The maximum atomic E-state index is 12.3. The number of nitrogen functional groups attached to an aromatic ring is 1. The Morgan fingerprint density at radius 1 is 1.37 bits per heavy atom. The highest BCUT2D eigenvalue weighted by Crippen LogP contribution is 2.23. The van der Waals surface area contributed by atoms with E-state index in [0.717, 1.165) is 28.7 Å². The van der Waals surface area contributed by atoms with Crippen LogP contribution < -0.4 is 11.1 Å². The number of anilines is 1. The van der Waals surface area contributed by atoms with Crippen molar-refractivity contribution in [3.8, 4) is 0 Å². The van der Waals surface area contributed by atoms with Gasteiger partial charge in [-0.1, -0.05) is 24.3 Å². The summed E-state index contributed by atoms with van der Waals surface area (Å²) < 4.78 is 0. The first-order valence-electron chi connectivity index (χ1n) is 6.27. The van der Waals surface area contributed by atoms with Gasteiger partial charge in [-0.2, -0.15) is 11.8 Å². The van der Waals surface area contributed by atoms with Crippen molar-refractivity contribution in [2.45, 2.75) is 12.5 Å². The Balaban J connectivity index is 1.95. The number of fused-ring (bicyclic) bond motifs is 1. The van der Waals surface area contributed by atoms with Crippen molar-refractivity contribution in [3.63, 3.8) is 0 Å². The lowest BCUT2D eigenvalue weighted by Gasteiger charge is -2.13. The Labute approximate surface area is 115 Å². The minimum Gasteiger partial charge on any atom is -0.383 e. The minimum absolute atomic E-state index is 0.0591. The van der Waals surface area contributed by atoms with E-state index < -0.39 is 0 Å². The van der Waals surface area contributed by atoms with E-state index >= 15 is 0 Å². The number of carbonyl (C=O) groups excluding carboxylic acids is 1. The summed E-state index contributed by atoms with van der Waals surface area (Å²) in [6.45, 7) is 0. The summed E-state index contributed by atoms with van der Waals surface area (Å²) in [5.74, 6) is 2.51. The van der Waals surface area contributed by atoms with Crippen molar-refractivity contribution >= 4 is 34.3 Å². The van der Waals surface area contributed by atoms with E-state index in [2.05, 4.69) is 10.3 Å². The van der Waals surface area contributed by atoms with Gasteiger partial charge in [0.1, 0.15) is 5.82 Å². The summed E-state index contributed by atoms with van der Waals surface area (Å²) in [7, 11) is 0. The van der Waals surface area contributed by atoms with Gasteiger partial charge in [-0.25, -0.2) is 4.98 Å². The van der Waals surface area contributed by atoms with Gasteiger partial charge in [-0.15, -0.1) is 0 Å². The number of rotatable bonds is 2. The standard InChI is InChI=1S/C14H15N3OS/c15-13-11-4-2-1-3-10(11)12(7-16-13)14(18)17-9-5-6-19-8-9/h1-4,7,9H,5-6,8H2,(H2,15,16)(H,17,18). The van der Waals surface area contributed by atoms with Crippen LogP contribution in [0.15, 0.2) is 30.5 Å². The summed E-state index contributed by atoms with van der Waals surface area (Å²) in [5, 5.41) is 4.76. The number of nitrogens with two attached hydrogens (primary N) is 1. The van der Waals surface area contributed by atoms with Crippen LogP contribution in [0.5, 0.6) is 0 Å².